The first kappa shape index (κ1) is 29.8. The molecule has 3 fully saturated rings. The molecule has 1 aliphatic carbocycles. The van der Waals surface area contributed by atoms with Crippen molar-refractivity contribution in [2.24, 2.45) is 5.92 Å². The van der Waals surface area contributed by atoms with Gasteiger partial charge in [0.05, 0.1) is 24.3 Å². The molecule has 0 aromatic heterocycles. The van der Waals surface area contributed by atoms with Gasteiger partial charge in [0, 0.05) is 44.0 Å². The first-order chi connectivity index (χ1) is 20.4. The fraction of sp³-hybridized carbons (Fsp3) is 0.548. The van der Waals surface area contributed by atoms with Gasteiger partial charge in [-0.15, -0.1) is 0 Å². The van der Waals surface area contributed by atoms with Gasteiger partial charge in [-0.1, -0.05) is 6.07 Å². The minimum absolute atomic E-state index is 0.000374. The van der Waals surface area contributed by atoms with Crippen LogP contribution >= 0.6 is 0 Å². The van der Waals surface area contributed by atoms with E-state index in [-0.39, 0.29) is 53.7 Å². The Hall–Kier alpha value is -3.25. The van der Waals surface area contributed by atoms with E-state index in [9.17, 15) is 32.3 Å². The number of fused-ring (bicyclic) bond motifs is 1. The van der Waals surface area contributed by atoms with E-state index in [2.05, 4.69) is 9.80 Å². The highest BCUT2D eigenvalue weighted by Gasteiger charge is 2.56. The van der Waals surface area contributed by atoms with Crippen LogP contribution in [0.25, 0.3) is 0 Å². The number of carboxylic acids is 1. The molecular formula is C31H34F5N3O4. The quantitative estimate of drug-likeness (QED) is 0.457. The van der Waals surface area contributed by atoms with Crippen LogP contribution in [0.15, 0.2) is 36.4 Å². The molecule has 4 atom stereocenters. The normalized spacial score (nSPS) is 28.5. The number of carbonyl (C=O) groups is 2. The van der Waals surface area contributed by atoms with E-state index >= 15 is 4.39 Å². The average molecular weight is 608 g/mol. The molecule has 232 valence electrons. The number of alkyl halides is 4. The first-order valence-electron chi connectivity index (χ1n) is 14.7. The molecule has 2 aromatic carbocycles. The first-order valence-corrected chi connectivity index (χ1v) is 14.7. The van der Waals surface area contributed by atoms with E-state index < -0.39 is 35.3 Å². The van der Waals surface area contributed by atoms with Gasteiger partial charge < -0.3 is 19.6 Å². The summed E-state index contributed by atoms with van der Waals surface area (Å²) in [6.45, 7) is 3.93. The summed E-state index contributed by atoms with van der Waals surface area (Å²) >= 11 is 0. The van der Waals surface area contributed by atoms with Crippen molar-refractivity contribution >= 4 is 17.6 Å². The maximum absolute atomic E-state index is 15.1. The van der Waals surface area contributed by atoms with Crippen molar-refractivity contribution in [1.82, 2.24) is 9.80 Å². The maximum Gasteiger partial charge on any atom is 0.416 e. The van der Waals surface area contributed by atoms with E-state index in [0.717, 1.165) is 25.0 Å². The molecule has 2 aromatic rings. The zero-order valence-corrected chi connectivity index (χ0v) is 23.7. The second-order valence-electron chi connectivity index (χ2n) is 12.2. The molecule has 12 heteroatoms. The molecule has 1 amide bonds. The van der Waals surface area contributed by atoms with Gasteiger partial charge in [-0.3, -0.25) is 9.69 Å². The lowest BCUT2D eigenvalue weighted by Crippen LogP contribution is -2.61. The predicted molar refractivity (Wildman–Crippen MR) is 147 cm³/mol. The second kappa shape index (κ2) is 11.0. The zero-order valence-electron chi connectivity index (χ0n) is 23.7. The summed E-state index contributed by atoms with van der Waals surface area (Å²) < 4.78 is 75.4. The molecule has 4 aliphatic rings. The minimum Gasteiger partial charge on any atom is -0.478 e. The van der Waals surface area contributed by atoms with E-state index in [1.165, 1.54) is 23.1 Å². The summed E-state index contributed by atoms with van der Waals surface area (Å²) in [5, 5.41) is 9.30. The number of anilines is 1. The summed E-state index contributed by atoms with van der Waals surface area (Å²) in [4.78, 5) is 31.0. The van der Waals surface area contributed by atoms with Crippen LogP contribution in [0.4, 0.5) is 27.6 Å². The second-order valence-corrected chi connectivity index (χ2v) is 12.2. The highest BCUT2D eigenvalue weighted by Crippen LogP contribution is 2.49. The molecule has 1 N–H and O–H groups in total. The van der Waals surface area contributed by atoms with Crippen molar-refractivity contribution in [1.29, 1.82) is 0 Å². The summed E-state index contributed by atoms with van der Waals surface area (Å²) in [6.07, 6.45) is -3.40. The molecule has 0 spiro atoms. The summed E-state index contributed by atoms with van der Waals surface area (Å²) in [5.74, 6) is -2.44. The Bertz CT molecular complexity index is 1410. The molecule has 3 aliphatic heterocycles. The molecule has 2 saturated heterocycles. The Morgan fingerprint density at radius 3 is 2.44 bits per heavy atom. The predicted octanol–water partition coefficient (Wildman–Crippen LogP) is 5.43. The lowest BCUT2D eigenvalue weighted by Gasteiger charge is -2.49. The number of carboxylic acid groups (broad SMARTS) is 1. The Kier molecular flexibility index (Phi) is 7.65. The lowest BCUT2D eigenvalue weighted by atomic mass is 9.84. The Morgan fingerprint density at radius 2 is 1.81 bits per heavy atom. The monoisotopic (exact) mass is 607 g/mol. The molecule has 3 heterocycles. The largest absolute Gasteiger partial charge is 0.478 e. The van der Waals surface area contributed by atoms with Crippen LogP contribution < -0.4 is 4.90 Å². The van der Waals surface area contributed by atoms with E-state index in [1.54, 1.807) is 6.07 Å². The smallest absolute Gasteiger partial charge is 0.416 e. The van der Waals surface area contributed by atoms with Crippen molar-refractivity contribution in [2.45, 2.75) is 69.2 Å². The van der Waals surface area contributed by atoms with Crippen LogP contribution in [-0.4, -0.2) is 77.3 Å². The van der Waals surface area contributed by atoms with Crippen LogP contribution in [0.3, 0.4) is 0 Å². The number of hydrogen-bond donors (Lipinski definition) is 1. The number of benzene rings is 2. The van der Waals surface area contributed by atoms with Gasteiger partial charge in [0.1, 0.15) is 17.6 Å². The molecule has 1 saturated carbocycles. The summed E-state index contributed by atoms with van der Waals surface area (Å²) in [7, 11) is 0. The SMILES string of the molecule is CC1CN([C@@H]2CC[C@@](C(=O)N3Cc4cc(C(F)(F)F)ccc4C(F)C3)(C3CC3)OC2)CCN1c1ccc(F)c(C(=O)O)c1. The zero-order chi connectivity index (χ0) is 30.7. The Labute approximate surface area is 246 Å². The van der Waals surface area contributed by atoms with Gasteiger partial charge >= 0.3 is 12.1 Å². The highest BCUT2D eigenvalue weighted by atomic mass is 19.4. The Balaban J connectivity index is 1.12. The van der Waals surface area contributed by atoms with Crippen LogP contribution in [0.5, 0.6) is 0 Å². The fourth-order valence-corrected chi connectivity index (χ4v) is 7.05. The van der Waals surface area contributed by atoms with Gasteiger partial charge in [0.15, 0.2) is 0 Å². The van der Waals surface area contributed by atoms with Crippen LogP contribution in [0.1, 0.15) is 65.8 Å². The maximum atomic E-state index is 15.1. The number of rotatable bonds is 5. The van der Waals surface area contributed by atoms with Gasteiger partial charge in [-0.05, 0) is 80.0 Å². The summed E-state index contributed by atoms with van der Waals surface area (Å²) in [6, 6.07) is 7.15. The number of ether oxygens (including phenoxy) is 1. The third-order valence-corrected chi connectivity index (χ3v) is 9.51. The third-order valence-electron chi connectivity index (χ3n) is 9.51. The van der Waals surface area contributed by atoms with Crippen molar-refractivity contribution in [3.8, 4) is 0 Å². The van der Waals surface area contributed by atoms with Crippen LogP contribution in [0, 0.1) is 11.7 Å². The molecule has 0 radical (unpaired) electrons. The number of piperazine rings is 1. The summed E-state index contributed by atoms with van der Waals surface area (Å²) in [5.41, 5.74) is -1.34. The van der Waals surface area contributed by atoms with Crippen molar-refractivity contribution < 1.29 is 41.4 Å². The number of nitrogens with zero attached hydrogens (tertiary/aromatic N) is 3. The topological polar surface area (TPSA) is 73.3 Å². The average Bonchev–Trinajstić information content (AvgIpc) is 3.82. The highest BCUT2D eigenvalue weighted by molar-refractivity contribution is 5.89. The van der Waals surface area contributed by atoms with Crippen LogP contribution in [0.2, 0.25) is 0 Å². The number of aromatic carboxylic acids is 1. The molecular weight excluding hydrogens is 573 g/mol. The standard InChI is InChI=1S/C31H34F5N3O4/c1-18-14-37(10-11-39(18)22-5-7-26(32)25(13-22)28(40)41)23-8-9-30(43-17-23,20-2-3-20)29(42)38-15-19-12-21(31(34,35)36)4-6-24(19)27(33)16-38/h4-7,12-13,18,20,23,27H,2-3,8-11,14-17H2,1H3,(H,40,41)/t18?,23-,27?,30+/m1/s1. The number of carbonyl (C=O) groups excluding carboxylic acids is 1. The van der Waals surface area contributed by atoms with Crippen molar-refractivity contribution in [2.75, 3.05) is 37.7 Å². The molecule has 2 unspecified atom stereocenters. The molecule has 0 bridgehead atoms. The van der Waals surface area contributed by atoms with E-state index in [1.807, 2.05) is 6.92 Å². The van der Waals surface area contributed by atoms with Crippen molar-refractivity contribution in [3.05, 3.63) is 64.5 Å². The lowest BCUT2D eigenvalue weighted by molar-refractivity contribution is -0.177. The number of amides is 1. The molecule has 6 rings (SSSR count). The van der Waals surface area contributed by atoms with Gasteiger partial charge in [-0.25, -0.2) is 13.6 Å². The van der Waals surface area contributed by atoms with Gasteiger partial charge in [-0.2, -0.15) is 13.2 Å². The number of halogens is 5. The number of hydrogen-bond acceptors (Lipinski definition) is 5. The van der Waals surface area contributed by atoms with Crippen LogP contribution in [-0.2, 0) is 22.3 Å². The van der Waals surface area contributed by atoms with E-state index in [0.29, 0.717) is 44.8 Å². The minimum atomic E-state index is -4.56. The molecule has 7 nitrogen and oxygen atoms in total. The fourth-order valence-electron chi connectivity index (χ4n) is 7.05. The van der Waals surface area contributed by atoms with Crippen molar-refractivity contribution in [3.63, 3.8) is 0 Å². The van der Waals surface area contributed by atoms with E-state index in [4.69, 9.17) is 4.74 Å². The van der Waals surface area contributed by atoms with Gasteiger partial charge in [0.25, 0.3) is 5.91 Å². The van der Waals surface area contributed by atoms with Gasteiger partial charge in [0.2, 0.25) is 0 Å². The molecule has 43 heavy (non-hydrogen) atoms. The third kappa shape index (κ3) is 5.59. The Morgan fingerprint density at radius 1 is 1.05 bits per heavy atom.